The Morgan fingerprint density at radius 1 is 1.64 bits per heavy atom. The van der Waals surface area contributed by atoms with Crippen LogP contribution in [0.5, 0.6) is 0 Å². The molecular weight excluding hydrogens is 182 g/mol. The number of nitrogens with zero attached hydrogens (tertiary/aromatic N) is 2. The lowest BCUT2D eigenvalue weighted by molar-refractivity contribution is 0.191. The monoisotopic (exact) mass is 199 g/mol. The third-order valence-corrected chi connectivity index (χ3v) is 1.78. The van der Waals surface area contributed by atoms with Crippen LogP contribution in [-0.2, 0) is 13.1 Å². The van der Waals surface area contributed by atoms with E-state index in [1.807, 2.05) is 6.20 Å². The molecule has 80 valence electrons. The first-order chi connectivity index (χ1) is 6.72. The highest BCUT2D eigenvalue weighted by atomic mass is 16.3. The van der Waals surface area contributed by atoms with Gasteiger partial charge in [-0.3, -0.25) is 4.68 Å². The average Bonchev–Trinajstić information content (AvgIpc) is 2.53. The summed E-state index contributed by atoms with van der Waals surface area (Å²) in [6, 6.07) is 0. The third-order valence-electron chi connectivity index (χ3n) is 1.78. The molecule has 0 aromatic carbocycles. The minimum Gasteiger partial charge on any atom is -0.394 e. The summed E-state index contributed by atoms with van der Waals surface area (Å²) in [6.45, 7) is 3.63. The van der Waals surface area contributed by atoms with Crippen LogP contribution >= 0.6 is 0 Å². The second-order valence-corrected chi connectivity index (χ2v) is 3.32. The van der Waals surface area contributed by atoms with Crippen molar-refractivity contribution < 1.29 is 10.2 Å². The van der Waals surface area contributed by atoms with E-state index in [2.05, 4.69) is 10.4 Å². The van der Waals surface area contributed by atoms with Crippen LogP contribution in [0.15, 0.2) is 12.4 Å². The van der Waals surface area contributed by atoms with E-state index < -0.39 is 0 Å². The highest BCUT2D eigenvalue weighted by Gasteiger charge is 1.99. The van der Waals surface area contributed by atoms with Gasteiger partial charge in [0.2, 0.25) is 0 Å². The van der Waals surface area contributed by atoms with Gasteiger partial charge in [0.1, 0.15) is 0 Å². The van der Waals surface area contributed by atoms with Crippen molar-refractivity contribution >= 4 is 0 Å². The molecule has 1 aromatic rings. The zero-order valence-corrected chi connectivity index (χ0v) is 8.35. The third kappa shape index (κ3) is 3.87. The Labute approximate surface area is 83.4 Å². The van der Waals surface area contributed by atoms with Crippen molar-refractivity contribution in [2.75, 3.05) is 13.2 Å². The molecule has 14 heavy (non-hydrogen) atoms. The number of hydrogen-bond donors (Lipinski definition) is 3. The fourth-order valence-corrected chi connectivity index (χ4v) is 1.15. The molecule has 1 aromatic heterocycles. The highest BCUT2D eigenvalue weighted by Crippen LogP contribution is 1.96. The van der Waals surface area contributed by atoms with E-state index in [9.17, 15) is 0 Å². The van der Waals surface area contributed by atoms with Crippen LogP contribution in [0.4, 0.5) is 0 Å². The number of nitrogens with one attached hydrogen (secondary N) is 1. The van der Waals surface area contributed by atoms with Crippen LogP contribution < -0.4 is 5.32 Å². The fraction of sp³-hybridized carbons (Fsp3) is 0.667. The molecule has 1 rings (SSSR count). The number of hydrogen-bond acceptors (Lipinski definition) is 4. The summed E-state index contributed by atoms with van der Waals surface area (Å²) in [6.07, 6.45) is 3.30. The lowest BCUT2D eigenvalue weighted by Gasteiger charge is -2.04. The number of rotatable bonds is 6. The second-order valence-electron chi connectivity index (χ2n) is 3.32. The van der Waals surface area contributed by atoms with Gasteiger partial charge in [-0.2, -0.15) is 5.10 Å². The molecule has 1 atom stereocenters. The van der Waals surface area contributed by atoms with Crippen molar-refractivity contribution in [2.24, 2.45) is 0 Å². The van der Waals surface area contributed by atoms with Gasteiger partial charge in [-0.25, -0.2) is 0 Å². The summed E-state index contributed by atoms with van der Waals surface area (Å²) in [7, 11) is 0. The summed E-state index contributed by atoms with van der Waals surface area (Å²) in [4.78, 5) is 0. The molecule has 0 aliphatic rings. The first-order valence-corrected chi connectivity index (χ1v) is 4.73. The SMILES string of the molecule is CC(O)CNCc1cnn(CCO)c1. The van der Waals surface area contributed by atoms with E-state index >= 15 is 0 Å². The lowest BCUT2D eigenvalue weighted by Crippen LogP contribution is -2.23. The van der Waals surface area contributed by atoms with Gasteiger partial charge in [0.15, 0.2) is 0 Å². The van der Waals surface area contributed by atoms with Gasteiger partial charge in [0.05, 0.1) is 25.5 Å². The van der Waals surface area contributed by atoms with Crippen molar-refractivity contribution in [1.29, 1.82) is 0 Å². The van der Waals surface area contributed by atoms with E-state index in [4.69, 9.17) is 10.2 Å². The van der Waals surface area contributed by atoms with Crippen LogP contribution in [0.2, 0.25) is 0 Å². The molecule has 0 aliphatic heterocycles. The molecule has 0 fully saturated rings. The molecule has 0 spiro atoms. The van der Waals surface area contributed by atoms with Crippen LogP contribution in [0, 0.1) is 0 Å². The van der Waals surface area contributed by atoms with E-state index in [0.717, 1.165) is 5.56 Å². The van der Waals surface area contributed by atoms with Crippen molar-refractivity contribution in [2.45, 2.75) is 26.1 Å². The first-order valence-electron chi connectivity index (χ1n) is 4.73. The summed E-state index contributed by atoms with van der Waals surface area (Å²) < 4.78 is 1.69. The molecule has 0 bridgehead atoms. The molecule has 5 heteroatoms. The highest BCUT2D eigenvalue weighted by molar-refractivity contribution is 5.03. The maximum Gasteiger partial charge on any atom is 0.0640 e. The normalized spacial score (nSPS) is 13.1. The first kappa shape index (κ1) is 11.2. The zero-order chi connectivity index (χ0) is 10.4. The van der Waals surface area contributed by atoms with E-state index in [1.54, 1.807) is 17.8 Å². The molecular formula is C9H17N3O2. The Kier molecular flexibility index (Phi) is 4.58. The Hall–Kier alpha value is -0.910. The van der Waals surface area contributed by atoms with E-state index in [0.29, 0.717) is 19.6 Å². The van der Waals surface area contributed by atoms with Crippen molar-refractivity contribution in [3.8, 4) is 0 Å². The minimum absolute atomic E-state index is 0.0994. The smallest absolute Gasteiger partial charge is 0.0640 e. The molecule has 1 heterocycles. The largest absolute Gasteiger partial charge is 0.394 e. The molecule has 0 aliphatic carbocycles. The fourth-order valence-electron chi connectivity index (χ4n) is 1.15. The number of aliphatic hydroxyl groups excluding tert-OH is 2. The molecule has 0 amide bonds. The Balaban J connectivity index is 2.28. The molecule has 5 nitrogen and oxygen atoms in total. The molecule has 0 saturated heterocycles. The Bertz CT molecular complexity index is 260. The molecule has 3 N–H and O–H groups in total. The maximum absolute atomic E-state index is 9.00. The minimum atomic E-state index is -0.331. The van der Waals surface area contributed by atoms with Gasteiger partial charge in [-0.1, -0.05) is 0 Å². The van der Waals surface area contributed by atoms with Crippen molar-refractivity contribution in [1.82, 2.24) is 15.1 Å². The zero-order valence-electron chi connectivity index (χ0n) is 8.35. The van der Waals surface area contributed by atoms with Gasteiger partial charge in [0, 0.05) is 24.8 Å². The summed E-state index contributed by atoms with van der Waals surface area (Å²) >= 11 is 0. The Morgan fingerprint density at radius 2 is 2.43 bits per heavy atom. The average molecular weight is 199 g/mol. The molecule has 0 radical (unpaired) electrons. The van der Waals surface area contributed by atoms with Crippen LogP contribution in [0.1, 0.15) is 12.5 Å². The van der Waals surface area contributed by atoms with Gasteiger partial charge in [-0.15, -0.1) is 0 Å². The van der Waals surface area contributed by atoms with Crippen LogP contribution in [-0.4, -0.2) is 39.2 Å². The predicted molar refractivity (Wildman–Crippen MR) is 52.7 cm³/mol. The predicted octanol–water partition coefficient (Wildman–Crippen LogP) is -0.654. The van der Waals surface area contributed by atoms with Crippen LogP contribution in [0.3, 0.4) is 0 Å². The van der Waals surface area contributed by atoms with Gasteiger partial charge >= 0.3 is 0 Å². The van der Waals surface area contributed by atoms with Gasteiger partial charge in [0.25, 0.3) is 0 Å². The Morgan fingerprint density at radius 3 is 3.07 bits per heavy atom. The topological polar surface area (TPSA) is 70.3 Å². The second kappa shape index (κ2) is 5.74. The van der Waals surface area contributed by atoms with Crippen molar-refractivity contribution in [3.63, 3.8) is 0 Å². The lowest BCUT2D eigenvalue weighted by atomic mass is 10.3. The quantitative estimate of drug-likeness (QED) is 0.569. The number of aliphatic hydroxyl groups is 2. The standard InChI is InChI=1S/C9H17N3O2/c1-8(14)4-10-5-9-6-11-12(7-9)2-3-13/h6-8,10,13-14H,2-5H2,1H3. The van der Waals surface area contributed by atoms with Crippen molar-refractivity contribution in [3.05, 3.63) is 18.0 Å². The van der Waals surface area contributed by atoms with E-state index in [1.165, 1.54) is 0 Å². The van der Waals surface area contributed by atoms with Crippen LogP contribution in [0.25, 0.3) is 0 Å². The van der Waals surface area contributed by atoms with Gasteiger partial charge in [-0.05, 0) is 6.92 Å². The number of aromatic nitrogens is 2. The van der Waals surface area contributed by atoms with E-state index in [-0.39, 0.29) is 12.7 Å². The summed E-state index contributed by atoms with van der Waals surface area (Å²) in [5.74, 6) is 0. The molecule has 1 unspecified atom stereocenters. The van der Waals surface area contributed by atoms with Gasteiger partial charge < -0.3 is 15.5 Å². The summed E-state index contributed by atoms with van der Waals surface area (Å²) in [5.41, 5.74) is 1.05. The maximum atomic E-state index is 9.00. The summed E-state index contributed by atoms with van der Waals surface area (Å²) in [5, 5.41) is 24.8. The molecule has 0 saturated carbocycles.